The molecular weight excluding hydrogens is 357 g/mol. The fraction of sp³-hybridized carbons (Fsp3) is 0.250. The third-order valence-electron chi connectivity index (χ3n) is 3.49. The molecule has 1 N–H and O–H groups in total. The lowest BCUT2D eigenvalue weighted by atomic mass is 10.1. The average molecular weight is 378 g/mol. The van der Waals surface area contributed by atoms with Crippen LogP contribution < -0.4 is 14.8 Å². The van der Waals surface area contributed by atoms with E-state index in [1.54, 1.807) is 31.2 Å². The number of carbonyl (C=O) groups excluding carboxylic acids is 1. The van der Waals surface area contributed by atoms with Crippen LogP contribution in [-0.4, -0.2) is 19.1 Å². The molecular formula is C20H21ClFNO3. The van der Waals surface area contributed by atoms with Gasteiger partial charge in [0, 0.05) is 11.8 Å². The second-order valence-corrected chi connectivity index (χ2v) is 6.39. The monoisotopic (exact) mass is 377 g/mol. The summed E-state index contributed by atoms with van der Waals surface area (Å²) in [6.45, 7) is 5.57. The zero-order valence-corrected chi connectivity index (χ0v) is 15.9. The molecule has 0 radical (unpaired) electrons. The summed E-state index contributed by atoms with van der Waals surface area (Å²) < 4.78 is 24.3. The lowest BCUT2D eigenvalue weighted by molar-refractivity contribution is -0.111. The lowest BCUT2D eigenvalue weighted by Gasteiger charge is -2.15. The number of ether oxygens (including phenoxy) is 2. The van der Waals surface area contributed by atoms with Crippen molar-refractivity contribution in [3.63, 3.8) is 0 Å². The third-order valence-corrected chi connectivity index (χ3v) is 3.77. The van der Waals surface area contributed by atoms with E-state index in [0.29, 0.717) is 27.8 Å². The van der Waals surface area contributed by atoms with Gasteiger partial charge in [-0.05, 0) is 62.2 Å². The number of halogens is 2. The van der Waals surface area contributed by atoms with Gasteiger partial charge in [0.2, 0.25) is 5.91 Å². The molecule has 26 heavy (non-hydrogen) atoms. The molecule has 0 aliphatic rings. The van der Waals surface area contributed by atoms with Crippen LogP contribution in [0, 0.1) is 12.7 Å². The Kier molecular flexibility index (Phi) is 6.64. The Hall–Kier alpha value is -2.53. The molecule has 6 heteroatoms. The first kappa shape index (κ1) is 19.8. The van der Waals surface area contributed by atoms with Crippen LogP contribution in [0.15, 0.2) is 36.4 Å². The second-order valence-electron chi connectivity index (χ2n) is 5.98. The number of hydrogen-bond acceptors (Lipinski definition) is 3. The topological polar surface area (TPSA) is 47.6 Å². The van der Waals surface area contributed by atoms with Gasteiger partial charge in [-0.1, -0.05) is 17.7 Å². The highest BCUT2D eigenvalue weighted by molar-refractivity contribution is 6.32. The molecule has 0 unspecified atom stereocenters. The molecule has 2 aromatic carbocycles. The predicted octanol–water partition coefficient (Wildman–Crippen LogP) is 5.24. The molecule has 0 bridgehead atoms. The highest BCUT2D eigenvalue weighted by Gasteiger charge is 2.13. The Balaban J connectivity index is 2.18. The maximum atomic E-state index is 13.3. The molecule has 138 valence electrons. The molecule has 0 aliphatic carbocycles. The summed E-state index contributed by atoms with van der Waals surface area (Å²) in [5.41, 5.74) is 1.87. The van der Waals surface area contributed by atoms with Crippen LogP contribution in [-0.2, 0) is 4.79 Å². The predicted molar refractivity (Wildman–Crippen MR) is 103 cm³/mol. The number of anilines is 1. The smallest absolute Gasteiger partial charge is 0.248 e. The Morgan fingerprint density at radius 2 is 2.00 bits per heavy atom. The van der Waals surface area contributed by atoms with Gasteiger partial charge >= 0.3 is 0 Å². The van der Waals surface area contributed by atoms with Crippen LogP contribution in [0.25, 0.3) is 6.08 Å². The van der Waals surface area contributed by atoms with Gasteiger partial charge in [-0.25, -0.2) is 4.39 Å². The van der Waals surface area contributed by atoms with Crippen molar-refractivity contribution in [1.82, 2.24) is 0 Å². The summed E-state index contributed by atoms with van der Waals surface area (Å²) in [4.78, 5) is 12.1. The van der Waals surface area contributed by atoms with E-state index in [9.17, 15) is 9.18 Å². The molecule has 0 heterocycles. The highest BCUT2D eigenvalue weighted by Crippen LogP contribution is 2.37. The first-order valence-electron chi connectivity index (χ1n) is 8.09. The van der Waals surface area contributed by atoms with Crippen molar-refractivity contribution < 1.29 is 18.7 Å². The molecule has 2 aromatic rings. The largest absolute Gasteiger partial charge is 0.493 e. The number of benzene rings is 2. The van der Waals surface area contributed by atoms with Crippen molar-refractivity contribution in [1.29, 1.82) is 0 Å². The van der Waals surface area contributed by atoms with Gasteiger partial charge in [-0.15, -0.1) is 0 Å². The maximum Gasteiger partial charge on any atom is 0.248 e. The van der Waals surface area contributed by atoms with E-state index >= 15 is 0 Å². The number of carbonyl (C=O) groups is 1. The van der Waals surface area contributed by atoms with Crippen LogP contribution in [0.4, 0.5) is 10.1 Å². The minimum absolute atomic E-state index is 0.0527. The van der Waals surface area contributed by atoms with Gasteiger partial charge in [0.05, 0.1) is 18.2 Å². The Bertz CT molecular complexity index is 834. The normalized spacial score (nSPS) is 11.0. The average Bonchev–Trinajstić information content (AvgIpc) is 2.58. The summed E-state index contributed by atoms with van der Waals surface area (Å²) in [6.07, 6.45) is 2.89. The van der Waals surface area contributed by atoms with Crippen LogP contribution in [0.1, 0.15) is 25.0 Å². The van der Waals surface area contributed by atoms with E-state index in [0.717, 1.165) is 5.56 Å². The molecule has 0 atom stereocenters. The maximum absolute atomic E-state index is 13.3. The van der Waals surface area contributed by atoms with Crippen LogP contribution in [0.2, 0.25) is 5.02 Å². The van der Waals surface area contributed by atoms with E-state index < -0.39 is 5.82 Å². The van der Waals surface area contributed by atoms with E-state index in [2.05, 4.69) is 5.32 Å². The van der Waals surface area contributed by atoms with Crippen molar-refractivity contribution in [2.45, 2.75) is 26.9 Å². The zero-order valence-electron chi connectivity index (χ0n) is 15.1. The lowest BCUT2D eigenvalue weighted by Crippen LogP contribution is -2.09. The minimum Gasteiger partial charge on any atom is -0.493 e. The quantitative estimate of drug-likeness (QED) is 0.701. The number of rotatable bonds is 6. The highest BCUT2D eigenvalue weighted by atomic mass is 35.5. The molecule has 0 aromatic heterocycles. The fourth-order valence-electron chi connectivity index (χ4n) is 2.26. The molecule has 2 rings (SSSR count). The number of aryl methyl sites for hydroxylation is 1. The van der Waals surface area contributed by atoms with Crippen molar-refractivity contribution in [3.05, 3.63) is 58.4 Å². The first-order chi connectivity index (χ1) is 12.3. The van der Waals surface area contributed by atoms with Gasteiger partial charge in [-0.3, -0.25) is 4.79 Å². The Labute approximate surface area is 157 Å². The van der Waals surface area contributed by atoms with Gasteiger partial charge in [0.15, 0.2) is 11.5 Å². The third kappa shape index (κ3) is 5.23. The number of hydrogen-bond donors (Lipinski definition) is 1. The molecule has 0 saturated heterocycles. The van der Waals surface area contributed by atoms with E-state index in [1.807, 2.05) is 13.8 Å². The van der Waals surface area contributed by atoms with Gasteiger partial charge in [-0.2, -0.15) is 0 Å². The van der Waals surface area contributed by atoms with Gasteiger partial charge in [0.1, 0.15) is 5.82 Å². The van der Waals surface area contributed by atoms with Crippen LogP contribution in [0.5, 0.6) is 11.5 Å². The summed E-state index contributed by atoms with van der Waals surface area (Å²) in [7, 11) is 1.52. The first-order valence-corrected chi connectivity index (χ1v) is 8.47. The molecule has 0 fully saturated rings. The fourth-order valence-corrected chi connectivity index (χ4v) is 2.52. The van der Waals surface area contributed by atoms with Crippen molar-refractivity contribution in [2.24, 2.45) is 0 Å². The summed E-state index contributed by atoms with van der Waals surface area (Å²) in [6, 6.07) is 7.63. The van der Waals surface area contributed by atoms with E-state index in [4.69, 9.17) is 21.1 Å². The van der Waals surface area contributed by atoms with E-state index in [-0.39, 0.29) is 12.0 Å². The Morgan fingerprint density at radius 3 is 2.65 bits per heavy atom. The van der Waals surface area contributed by atoms with Crippen LogP contribution >= 0.6 is 11.6 Å². The number of methoxy groups -OCH3 is 1. The van der Waals surface area contributed by atoms with Crippen LogP contribution in [0.3, 0.4) is 0 Å². The van der Waals surface area contributed by atoms with Gasteiger partial charge in [0.25, 0.3) is 0 Å². The standard InChI is InChI=1S/C20H21ClFNO3/c1-12(2)26-20-16(21)9-14(10-18(20)25-4)6-8-19(24)23-17-11-15(22)7-5-13(17)3/h5-12H,1-4H3,(H,23,24). The summed E-state index contributed by atoms with van der Waals surface area (Å²) in [5.74, 6) is 0.150. The van der Waals surface area contributed by atoms with E-state index in [1.165, 1.54) is 25.3 Å². The van der Waals surface area contributed by atoms with Gasteiger partial charge < -0.3 is 14.8 Å². The van der Waals surface area contributed by atoms with Crippen molar-refractivity contribution in [2.75, 3.05) is 12.4 Å². The second kappa shape index (κ2) is 8.72. The molecule has 0 spiro atoms. The Morgan fingerprint density at radius 1 is 1.27 bits per heavy atom. The molecule has 1 amide bonds. The molecule has 0 aliphatic heterocycles. The van der Waals surface area contributed by atoms with Crippen molar-refractivity contribution in [3.8, 4) is 11.5 Å². The minimum atomic E-state index is -0.410. The zero-order chi connectivity index (χ0) is 19.3. The number of amides is 1. The SMILES string of the molecule is COc1cc(C=CC(=O)Nc2cc(F)ccc2C)cc(Cl)c1OC(C)C. The molecule has 4 nitrogen and oxygen atoms in total. The number of nitrogens with one attached hydrogen (secondary N) is 1. The summed E-state index contributed by atoms with van der Waals surface area (Å²) >= 11 is 6.26. The van der Waals surface area contributed by atoms with Crippen molar-refractivity contribution >= 4 is 29.3 Å². The summed E-state index contributed by atoms with van der Waals surface area (Å²) in [5, 5.41) is 3.04. The molecule has 0 saturated carbocycles.